The van der Waals surface area contributed by atoms with E-state index < -0.39 is 23.7 Å². The fourth-order valence-electron chi connectivity index (χ4n) is 1.35. The quantitative estimate of drug-likeness (QED) is 0.622. The topological polar surface area (TPSA) is 81.4 Å². The SMILES string of the molecule is CCOC(=O)C(C)NC(=O)c1cc(N)cc(F)c1. The Hall–Kier alpha value is -2.11. The van der Waals surface area contributed by atoms with E-state index in [1.54, 1.807) is 6.92 Å². The zero-order chi connectivity index (χ0) is 13.7. The minimum atomic E-state index is -0.804. The predicted octanol–water partition coefficient (Wildman–Crippen LogP) is 1.09. The highest BCUT2D eigenvalue weighted by Gasteiger charge is 2.18. The smallest absolute Gasteiger partial charge is 0.328 e. The van der Waals surface area contributed by atoms with E-state index >= 15 is 0 Å². The summed E-state index contributed by atoms with van der Waals surface area (Å²) in [5.74, 6) is -1.74. The van der Waals surface area contributed by atoms with Gasteiger partial charge in [0.05, 0.1) is 6.61 Å². The predicted molar refractivity (Wildman–Crippen MR) is 64.4 cm³/mol. The number of carbonyl (C=O) groups is 2. The first-order chi connectivity index (χ1) is 8.43. The van der Waals surface area contributed by atoms with Gasteiger partial charge in [-0.15, -0.1) is 0 Å². The molecule has 3 N–H and O–H groups in total. The van der Waals surface area contributed by atoms with Gasteiger partial charge in [0.15, 0.2) is 0 Å². The molecule has 1 aromatic carbocycles. The van der Waals surface area contributed by atoms with Crippen LogP contribution in [0.25, 0.3) is 0 Å². The van der Waals surface area contributed by atoms with E-state index in [9.17, 15) is 14.0 Å². The molecule has 0 radical (unpaired) electrons. The van der Waals surface area contributed by atoms with Crippen molar-refractivity contribution in [3.8, 4) is 0 Å². The summed E-state index contributed by atoms with van der Waals surface area (Å²) >= 11 is 0. The molecule has 1 aromatic rings. The number of halogens is 1. The molecule has 0 spiro atoms. The molecule has 0 saturated carbocycles. The highest BCUT2D eigenvalue weighted by Crippen LogP contribution is 2.10. The van der Waals surface area contributed by atoms with Gasteiger partial charge < -0.3 is 15.8 Å². The van der Waals surface area contributed by atoms with Crippen molar-refractivity contribution in [2.75, 3.05) is 12.3 Å². The van der Waals surface area contributed by atoms with Crippen LogP contribution < -0.4 is 11.1 Å². The van der Waals surface area contributed by atoms with Crippen molar-refractivity contribution in [1.29, 1.82) is 0 Å². The molecule has 98 valence electrons. The molecule has 0 saturated heterocycles. The van der Waals surface area contributed by atoms with Crippen LogP contribution in [0.5, 0.6) is 0 Å². The second-order valence-corrected chi connectivity index (χ2v) is 3.72. The molecule has 0 heterocycles. The molecule has 5 nitrogen and oxygen atoms in total. The Morgan fingerprint density at radius 2 is 2.11 bits per heavy atom. The molecule has 18 heavy (non-hydrogen) atoms. The molecule has 1 unspecified atom stereocenters. The monoisotopic (exact) mass is 254 g/mol. The Morgan fingerprint density at radius 3 is 2.67 bits per heavy atom. The van der Waals surface area contributed by atoms with E-state index in [2.05, 4.69) is 5.32 Å². The minimum Gasteiger partial charge on any atom is -0.464 e. The molecule has 1 amide bonds. The van der Waals surface area contributed by atoms with Crippen LogP contribution in [0.3, 0.4) is 0 Å². The number of hydrogen-bond donors (Lipinski definition) is 2. The average Bonchev–Trinajstić information content (AvgIpc) is 2.27. The Morgan fingerprint density at radius 1 is 1.44 bits per heavy atom. The van der Waals surface area contributed by atoms with Crippen LogP contribution >= 0.6 is 0 Å². The third-order valence-electron chi connectivity index (χ3n) is 2.17. The van der Waals surface area contributed by atoms with E-state index in [-0.39, 0.29) is 17.9 Å². The zero-order valence-corrected chi connectivity index (χ0v) is 10.2. The maximum absolute atomic E-state index is 13.1. The van der Waals surface area contributed by atoms with Crippen LogP contribution in [0.4, 0.5) is 10.1 Å². The molecule has 1 atom stereocenters. The Kier molecular flexibility index (Phi) is 4.65. The van der Waals surface area contributed by atoms with Crippen LogP contribution in [0.1, 0.15) is 24.2 Å². The number of rotatable bonds is 4. The van der Waals surface area contributed by atoms with Crippen LogP contribution in [0.15, 0.2) is 18.2 Å². The summed E-state index contributed by atoms with van der Waals surface area (Å²) in [6.45, 7) is 3.38. The minimum absolute atomic E-state index is 0.0589. The largest absolute Gasteiger partial charge is 0.464 e. The van der Waals surface area contributed by atoms with Crippen LogP contribution in [-0.2, 0) is 9.53 Å². The number of nitrogen functional groups attached to an aromatic ring is 1. The molecule has 0 aliphatic rings. The van der Waals surface area contributed by atoms with Gasteiger partial charge in [-0.1, -0.05) is 0 Å². The summed E-state index contributed by atoms with van der Waals surface area (Å²) < 4.78 is 17.8. The first kappa shape index (κ1) is 14.0. The standard InChI is InChI=1S/C12H15FN2O3/c1-3-18-12(17)7(2)15-11(16)8-4-9(13)6-10(14)5-8/h4-7H,3,14H2,1-2H3,(H,15,16). The fourth-order valence-corrected chi connectivity index (χ4v) is 1.35. The van der Waals surface area contributed by atoms with E-state index in [4.69, 9.17) is 10.5 Å². The molecule has 0 fully saturated rings. The third kappa shape index (κ3) is 3.73. The Bertz CT molecular complexity index is 442. The average molecular weight is 254 g/mol. The lowest BCUT2D eigenvalue weighted by Crippen LogP contribution is -2.39. The molecular weight excluding hydrogens is 239 g/mol. The van der Waals surface area contributed by atoms with Gasteiger partial charge in [0.2, 0.25) is 0 Å². The fraction of sp³-hybridized carbons (Fsp3) is 0.333. The van der Waals surface area contributed by atoms with Gasteiger partial charge in [-0.05, 0) is 32.0 Å². The van der Waals surface area contributed by atoms with Crippen molar-refractivity contribution in [3.05, 3.63) is 29.6 Å². The van der Waals surface area contributed by atoms with Gasteiger partial charge in [-0.25, -0.2) is 9.18 Å². The molecule has 0 aliphatic carbocycles. The number of amides is 1. The van der Waals surface area contributed by atoms with Crippen molar-refractivity contribution in [2.24, 2.45) is 0 Å². The van der Waals surface area contributed by atoms with Crippen molar-refractivity contribution in [3.63, 3.8) is 0 Å². The summed E-state index contributed by atoms with van der Waals surface area (Å²) in [6, 6.07) is 2.67. The number of esters is 1. The zero-order valence-electron chi connectivity index (χ0n) is 10.2. The van der Waals surface area contributed by atoms with Crippen molar-refractivity contribution < 1.29 is 18.7 Å². The summed E-state index contributed by atoms with van der Waals surface area (Å²) in [6.07, 6.45) is 0. The van der Waals surface area contributed by atoms with Crippen LogP contribution in [0, 0.1) is 5.82 Å². The van der Waals surface area contributed by atoms with Gasteiger partial charge >= 0.3 is 5.97 Å². The first-order valence-corrected chi connectivity index (χ1v) is 5.47. The van der Waals surface area contributed by atoms with E-state index in [1.807, 2.05) is 0 Å². The normalized spacial score (nSPS) is 11.7. The van der Waals surface area contributed by atoms with Crippen LogP contribution in [-0.4, -0.2) is 24.5 Å². The van der Waals surface area contributed by atoms with Crippen LogP contribution in [0.2, 0.25) is 0 Å². The summed E-state index contributed by atoms with van der Waals surface area (Å²) in [4.78, 5) is 23.0. The van der Waals surface area contributed by atoms with E-state index in [1.165, 1.54) is 13.0 Å². The summed E-state index contributed by atoms with van der Waals surface area (Å²) in [5.41, 5.74) is 5.63. The lowest BCUT2D eigenvalue weighted by molar-refractivity contribution is -0.144. The number of hydrogen-bond acceptors (Lipinski definition) is 4. The molecule has 0 aromatic heterocycles. The number of nitrogens with two attached hydrogens (primary N) is 1. The second kappa shape index (κ2) is 6.00. The number of benzene rings is 1. The van der Waals surface area contributed by atoms with Gasteiger partial charge in [0.25, 0.3) is 5.91 Å². The molecule has 1 rings (SSSR count). The number of ether oxygens (including phenoxy) is 1. The maximum atomic E-state index is 13.1. The number of carbonyl (C=O) groups excluding carboxylic acids is 2. The second-order valence-electron chi connectivity index (χ2n) is 3.72. The number of anilines is 1. The highest BCUT2D eigenvalue weighted by molar-refractivity contribution is 5.97. The Labute approximate surface area is 104 Å². The van der Waals surface area contributed by atoms with Gasteiger partial charge in [-0.3, -0.25) is 4.79 Å². The summed E-state index contributed by atoms with van der Waals surface area (Å²) in [7, 11) is 0. The molecule has 0 bridgehead atoms. The first-order valence-electron chi connectivity index (χ1n) is 5.47. The molecule has 0 aliphatic heterocycles. The maximum Gasteiger partial charge on any atom is 0.328 e. The van der Waals surface area contributed by atoms with E-state index in [0.29, 0.717) is 0 Å². The van der Waals surface area contributed by atoms with E-state index in [0.717, 1.165) is 12.1 Å². The van der Waals surface area contributed by atoms with Gasteiger partial charge in [0, 0.05) is 11.3 Å². The van der Waals surface area contributed by atoms with Crippen molar-refractivity contribution in [1.82, 2.24) is 5.32 Å². The Balaban J connectivity index is 2.73. The van der Waals surface area contributed by atoms with Crippen molar-refractivity contribution >= 4 is 17.6 Å². The molecular formula is C12H15FN2O3. The highest BCUT2D eigenvalue weighted by atomic mass is 19.1. The third-order valence-corrected chi connectivity index (χ3v) is 2.17. The molecule has 6 heteroatoms. The van der Waals surface area contributed by atoms with Gasteiger partial charge in [0.1, 0.15) is 11.9 Å². The lowest BCUT2D eigenvalue weighted by Gasteiger charge is -2.12. The summed E-state index contributed by atoms with van der Waals surface area (Å²) in [5, 5.41) is 2.40. The van der Waals surface area contributed by atoms with Gasteiger partial charge in [-0.2, -0.15) is 0 Å². The number of nitrogens with one attached hydrogen (secondary N) is 1. The van der Waals surface area contributed by atoms with Crippen molar-refractivity contribution in [2.45, 2.75) is 19.9 Å². The lowest BCUT2D eigenvalue weighted by atomic mass is 10.1.